The van der Waals surface area contributed by atoms with Crippen LogP contribution in [0.5, 0.6) is 0 Å². The average Bonchev–Trinajstić information content (AvgIpc) is 2.66. The van der Waals surface area contributed by atoms with E-state index in [1.807, 2.05) is 30.3 Å². The van der Waals surface area contributed by atoms with Crippen molar-refractivity contribution < 1.29 is 27.5 Å². The second kappa shape index (κ2) is 10.2. The van der Waals surface area contributed by atoms with Crippen molar-refractivity contribution >= 4 is 13.7 Å². The Morgan fingerprint density at radius 3 is 2.19 bits per heavy atom. The van der Waals surface area contributed by atoms with Crippen LogP contribution in [-0.2, 0) is 25.0 Å². The van der Waals surface area contributed by atoms with Crippen LogP contribution < -0.4 is 5.32 Å². The lowest BCUT2D eigenvalue weighted by molar-refractivity contribution is 0.134. The molecule has 1 amide bonds. The molecule has 0 bridgehead atoms. The van der Waals surface area contributed by atoms with Gasteiger partial charge in [0, 0.05) is 0 Å². The van der Waals surface area contributed by atoms with Crippen molar-refractivity contribution in [2.45, 2.75) is 26.2 Å². The number of alkyl carbamates (subject to hydrolysis) is 1. The minimum Gasteiger partial charge on any atom is -0.445 e. The number of ether oxygens (including phenoxy) is 1. The average molecular weight is 395 g/mol. The normalized spacial score (nSPS) is 12.4. The quantitative estimate of drug-likeness (QED) is 0.604. The zero-order valence-electron chi connectivity index (χ0n) is 15.3. The van der Waals surface area contributed by atoms with Gasteiger partial charge in [0.2, 0.25) is 0 Å². The van der Waals surface area contributed by atoms with Crippen molar-refractivity contribution in [1.82, 2.24) is 5.32 Å². The first-order valence-electron chi connectivity index (χ1n) is 8.60. The van der Waals surface area contributed by atoms with Crippen LogP contribution in [0.15, 0.2) is 54.6 Å². The van der Waals surface area contributed by atoms with Gasteiger partial charge in [0.05, 0.1) is 13.2 Å². The molecule has 2 aromatic rings. The van der Waals surface area contributed by atoms with Crippen molar-refractivity contribution in [2.24, 2.45) is 0 Å². The molecule has 2 aromatic carbocycles. The number of hydrogen-bond acceptors (Lipinski definition) is 5. The molecule has 0 heterocycles. The van der Waals surface area contributed by atoms with Crippen LogP contribution in [0, 0.1) is 5.82 Å². The first-order chi connectivity index (χ1) is 13.0. The Morgan fingerprint density at radius 1 is 1.04 bits per heavy atom. The third-order valence-corrected chi connectivity index (χ3v) is 5.88. The van der Waals surface area contributed by atoms with E-state index in [4.69, 9.17) is 13.8 Å². The molecule has 1 N–H and O–H groups in total. The van der Waals surface area contributed by atoms with Gasteiger partial charge in [-0.15, -0.1) is 0 Å². The summed E-state index contributed by atoms with van der Waals surface area (Å²) in [6, 6.07) is 14.4. The number of amides is 1. The molecule has 146 valence electrons. The standard InChI is InChI=1S/C19H23FNO5P/c1-3-25-27(23,26-4-2)18(16-10-12-17(20)13-11-16)21-19(22)24-14-15-8-6-5-7-9-15/h5-13,18H,3-4,14H2,1-2H3,(H,21,22). The fourth-order valence-corrected chi connectivity index (χ4v) is 4.31. The summed E-state index contributed by atoms with van der Waals surface area (Å²) >= 11 is 0. The third kappa shape index (κ3) is 6.17. The van der Waals surface area contributed by atoms with E-state index in [0.29, 0.717) is 5.56 Å². The molecule has 1 unspecified atom stereocenters. The summed E-state index contributed by atoms with van der Waals surface area (Å²) in [5.41, 5.74) is 1.20. The summed E-state index contributed by atoms with van der Waals surface area (Å²) in [6.07, 6.45) is -0.784. The summed E-state index contributed by atoms with van der Waals surface area (Å²) in [5.74, 6) is -1.58. The zero-order chi connectivity index (χ0) is 19.7. The van der Waals surface area contributed by atoms with Crippen LogP contribution in [0.25, 0.3) is 0 Å². The van der Waals surface area contributed by atoms with Crippen LogP contribution in [-0.4, -0.2) is 19.3 Å². The lowest BCUT2D eigenvalue weighted by Gasteiger charge is -2.27. The van der Waals surface area contributed by atoms with E-state index in [1.165, 1.54) is 24.3 Å². The maximum atomic E-state index is 13.3. The SMILES string of the molecule is CCOP(=O)(OCC)C(NC(=O)OCc1ccccc1)c1ccc(F)cc1. The van der Waals surface area contributed by atoms with Gasteiger partial charge in [0.15, 0.2) is 5.78 Å². The molecule has 0 aliphatic carbocycles. The van der Waals surface area contributed by atoms with Gasteiger partial charge in [-0.1, -0.05) is 42.5 Å². The fourth-order valence-electron chi connectivity index (χ4n) is 2.41. The molecule has 1 atom stereocenters. The van der Waals surface area contributed by atoms with Gasteiger partial charge in [0.25, 0.3) is 0 Å². The van der Waals surface area contributed by atoms with Gasteiger partial charge < -0.3 is 19.1 Å². The van der Waals surface area contributed by atoms with Crippen molar-refractivity contribution in [3.8, 4) is 0 Å². The molecule has 0 aromatic heterocycles. The number of carbonyl (C=O) groups excluding carboxylic acids is 1. The van der Waals surface area contributed by atoms with E-state index >= 15 is 0 Å². The Kier molecular flexibility index (Phi) is 7.98. The second-order valence-corrected chi connectivity index (χ2v) is 7.65. The van der Waals surface area contributed by atoms with Gasteiger partial charge in [0.1, 0.15) is 12.4 Å². The highest BCUT2D eigenvalue weighted by Crippen LogP contribution is 2.59. The lowest BCUT2D eigenvalue weighted by atomic mass is 10.2. The van der Waals surface area contributed by atoms with Crippen molar-refractivity contribution in [1.29, 1.82) is 0 Å². The molecule has 0 saturated heterocycles. The first-order valence-corrected chi connectivity index (χ1v) is 10.2. The molecule has 6 nitrogen and oxygen atoms in total. The Bertz CT molecular complexity index is 759. The van der Waals surface area contributed by atoms with Crippen LogP contribution in [0.4, 0.5) is 9.18 Å². The number of carbonyl (C=O) groups is 1. The molecule has 0 radical (unpaired) electrons. The van der Waals surface area contributed by atoms with Crippen LogP contribution >= 0.6 is 7.60 Å². The molecular weight excluding hydrogens is 372 g/mol. The Balaban J connectivity index is 2.19. The minimum absolute atomic E-state index is 0.0520. The molecule has 0 spiro atoms. The van der Waals surface area contributed by atoms with Crippen LogP contribution in [0.3, 0.4) is 0 Å². The van der Waals surface area contributed by atoms with Crippen LogP contribution in [0.2, 0.25) is 0 Å². The van der Waals surface area contributed by atoms with Crippen molar-refractivity contribution in [2.75, 3.05) is 13.2 Å². The molecule has 8 heteroatoms. The molecule has 0 fully saturated rings. The largest absolute Gasteiger partial charge is 0.445 e. The second-order valence-electron chi connectivity index (χ2n) is 5.54. The monoisotopic (exact) mass is 395 g/mol. The number of halogens is 1. The van der Waals surface area contributed by atoms with E-state index in [-0.39, 0.29) is 19.8 Å². The highest BCUT2D eigenvalue weighted by Gasteiger charge is 2.38. The fraction of sp³-hybridized carbons (Fsp3) is 0.316. The Morgan fingerprint density at radius 2 is 1.63 bits per heavy atom. The van der Waals surface area contributed by atoms with E-state index in [1.54, 1.807) is 13.8 Å². The highest BCUT2D eigenvalue weighted by atomic mass is 31.2. The van der Waals surface area contributed by atoms with E-state index in [9.17, 15) is 13.8 Å². The van der Waals surface area contributed by atoms with Crippen molar-refractivity contribution in [3.05, 3.63) is 71.5 Å². The summed E-state index contributed by atoms with van der Waals surface area (Å²) < 4.78 is 42.4. The molecule has 2 rings (SSSR count). The van der Waals surface area contributed by atoms with Crippen molar-refractivity contribution in [3.63, 3.8) is 0 Å². The van der Waals surface area contributed by atoms with Crippen LogP contribution in [0.1, 0.15) is 30.8 Å². The highest BCUT2D eigenvalue weighted by molar-refractivity contribution is 7.54. The molecule has 0 saturated carbocycles. The van der Waals surface area contributed by atoms with E-state index < -0.39 is 25.3 Å². The van der Waals surface area contributed by atoms with Gasteiger partial charge in [-0.05, 0) is 37.1 Å². The summed E-state index contributed by atoms with van der Waals surface area (Å²) in [5, 5.41) is 2.54. The topological polar surface area (TPSA) is 73.9 Å². The molecular formula is C19H23FNO5P. The minimum atomic E-state index is -3.75. The summed E-state index contributed by atoms with van der Waals surface area (Å²) in [4.78, 5) is 12.3. The lowest BCUT2D eigenvalue weighted by Crippen LogP contribution is -2.30. The predicted octanol–water partition coefficient (Wildman–Crippen LogP) is 5.02. The van der Waals surface area contributed by atoms with Gasteiger partial charge in [-0.25, -0.2) is 9.18 Å². The third-order valence-electron chi connectivity index (χ3n) is 3.59. The maximum Gasteiger partial charge on any atom is 0.408 e. The number of benzene rings is 2. The summed E-state index contributed by atoms with van der Waals surface area (Å²) in [7, 11) is -3.75. The Hall–Kier alpha value is -2.21. The Labute approximate surface area is 158 Å². The number of rotatable bonds is 9. The smallest absolute Gasteiger partial charge is 0.408 e. The number of nitrogens with one attached hydrogen (secondary N) is 1. The molecule has 0 aliphatic heterocycles. The predicted molar refractivity (Wildman–Crippen MR) is 99.8 cm³/mol. The van der Waals surface area contributed by atoms with E-state index in [0.717, 1.165) is 5.56 Å². The summed E-state index contributed by atoms with van der Waals surface area (Å²) in [6.45, 7) is 3.63. The van der Waals surface area contributed by atoms with Gasteiger partial charge in [-0.2, -0.15) is 0 Å². The molecule has 0 aliphatic rings. The van der Waals surface area contributed by atoms with E-state index in [2.05, 4.69) is 5.32 Å². The first kappa shape index (κ1) is 21.1. The van der Waals surface area contributed by atoms with Gasteiger partial charge >= 0.3 is 13.7 Å². The maximum absolute atomic E-state index is 13.3. The van der Waals surface area contributed by atoms with Gasteiger partial charge in [-0.3, -0.25) is 4.57 Å². The number of hydrogen-bond donors (Lipinski definition) is 1. The zero-order valence-corrected chi connectivity index (χ0v) is 16.2. The molecule has 27 heavy (non-hydrogen) atoms.